The Morgan fingerprint density at radius 1 is 1.17 bits per heavy atom. The van der Waals surface area contributed by atoms with Gasteiger partial charge in [-0.3, -0.25) is 0 Å². The number of aromatic nitrogens is 2. The largest absolute Gasteiger partial charge is 0.488 e. The molecule has 48 heavy (non-hydrogen) atoms. The molecule has 3 heterocycles. The third kappa shape index (κ3) is 7.27. The Balaban J connectivity index is 1.28. The van der Waals surface area contributed by atoms with Gasteiger partial charge in [0, 0.05) is 60.2 Å². The molecule has 251 valence electrons. The van der Waals surface area contributed by atoms with Crippen LogP contribution < -0.4 is 14.9 Å². The average molecular weight is 684 g/mol. The molecule has 2 fully saturated rings. The van der Waals surface area contributed by atoms with Gasteiger partial charge in [-0.25, -0.2) is 9.97 Å². The Morgan fingerprint density at radius 3 is 2.58 bits per heavy atom. The van der Waals surface area contributed by atoms with Crippen molar-refractivity contribution in [3.05, 3.63) is 58.7 Å². The third-order valence-electron chi connectivity index (χ3n) is 10.5. The van der Waals surface area contributed by atoms with Crippen LogP contribution in [0, 0.1) is 11.3 Å². The zero-order chi connectivity index (χ0) is 34.3. The number of benzene rings is 2. The molecule has 3 aliphatic rings. The average Bonchev–Trinajstić information content (AvgIpc) is 3.86. The smallest absolute Gasteiger partial charge is 0.329 e. The minimum atomic E-state index is -2.07. The molecule has 0 spiro atoms. The topological polar surface area (TPSA) is 104 Å². The Morgan fingerprint density at radius 2 is 1.92 bits per heavy atom. The van der Waals surface area contributed by atoms with Crippen LogP contribution in [-0.2, 0) is 14.6 Å². The Hall–Kier alpha value is -3.43. The fourth-order valence-corrected chi connectivity index (χ4v) is 7.72. The number of hydrogen-bond donors (Lipinski definition) is 1. The van der Waals surface area contributed by atoms with Crippen LogP contribution in [0.25, 0.3) is 11.3 Å². The zero-order valence-electron chi connectivity index (χ0n) is 28.8. The third-order valence-corrected chi connectivity index (χ3v) is 15.2. The van der Waals surface area contributed by atoms with E-state index in [0.29, 0.717) is 46.8 Å². The fraction of sp³-hybridized carbons (Fsp3) is 0.500. The quantitative estimate of drug-likeness (QED) is 0.164. The van der Waals surface area contributed by atoms with Gasteiger partial charge in [-0.15, -0.1) is 0 Å². The van der Waals surface area contributed by atoms with E-state index >= 15 is 0 Å². The number of anilines is 3. The van der Waals surface area contributed by atoms with Crippen molar-refractivity contribution >= 4 is 50.8 Å². The van der Waals surface area contributed by atoms with Gasteiger partial charge >= 0.3 is 7.41 Å². The molecule has 6 rings (SSSR count). The predicted octanol–water partition coefficient (Wildman–Crippen LogP) is 7.33. The maximum Gasteiger partial charge on any atom is 0.329 e. The van der Waals surface area contributed by atoms with Gasteiger partial charge in [-0.1, -0.05) is 39.3 Å². The summed E-state index contributed by atoms with van der Waals surface area (Å²) in [5.74, 6) is 1.11. The summed E-state index contributed by atoms with van der Waals surface area (Å²) in [6.07, 6.45) is 7.23. The summed E-state index contributed by atoms with van der Waals surface area (Å²) in [6.45, 7) is 16.4. The molecular weight excluding hydrogens is 639 g/mol. The van der Waals surface area contributed by atoms with E-state index in [9.17, 15) is 10.1 Å². The highest BCUT2D eigenvalue weighted by Crippen LogP contribution is 2.46. The van der Waals surface area contributed by atoms with Crippen molar-refractivity contribution < 1.29 is 14.0 Å². The Labute approximate surface area is 291 Å². The molecule has 2 aromatic carbocycles. The number of nitriles is 1. The number of hydrogen-bond acceptors (Lipinski definition) is 9. The number of carbonyl (C=O) groups excluding carboxylic acids is 1. The number of nitrogens with one attached hydrogen (secondary N) is 1. The molecule has 2 aliphatic heterocycles. The molecule has 0 bridgehead atoms. The molecule has 1 N–H and O–H groups in total. The second-order valence-electron chi connectivity index (χ2n) is 15.2. The molecule has 1 atom stereocenters. The molecule has 3 aromatic rings. The maximum atomic E-state index is 11.7. The number of nitrogens with zero attached hydrogens (tertiary/aromatic N) is 5. The normalized spacial score (nSPS) is 20.2. The number of carbonyl (C=O) groups is 1. The van der Waals surface area contributed by atoms with Crippen LogP contribution in [0.5, 0.6) is 5.75 Å². The van der Waals surface area contributed by atoms with Crippen molar-refractivity contribution in [3.8, 4) is 23.1 Å². The summed E-state index contributed by atoms with van der Waals surface area (Å²) in [4.78, 5) is 25.5. The van der Waals surface area contributed by atoms with E-state index < -0.39 is 13.7 Å². The van der Waals surface area contributed by atoms with Gasteiger partial charge in [0.25, 0.3) is 0 Å². The first kappa shape index (κ1) is 34.4. The lowest BCUT2D eigenvalue weighted by molar-refractivity contribution is 0.0971. The minimum Gasteiger partial charge on any atom is -0.488 e. The van der Waals surface area contributed by atoms with Crippen LogP contribution in [0.2, 0.25) is 23.2 Å². The monoisotopic (exact) mass is 683 g/mol. The molecule has 9 nitrogen and oxygen atoms in total. The Kier molecular flexibility index (Phi) is 9.66. The van der Waals surface area contributed by atoms with Crippen molar-refractivity contribution in [2.45, 2.75) is 89.1 Å². The number of halogens is 1. The van der Waals surface area contributed by atoms with Gasteiger partial charge < -0.3 is 29.0 Å². The second kappa shape index (κ2) is 13.5. The molecule has 1 aromatic heterocycles. The van der Waals surface area contributed by atoms with Crippen LogP contribution in [0.4, 0.5) is 17.3 Å². The molecule has 1 radical (unpaired) electrons. The van der Waals surface area contributed by atoms with Gasteiger partial charge in [0.1, 0.15) is 24.1 Å². The SMILES string of the molecule is CC1(CO[Si](C)(C)C(C)(C)C)CN([B]C=O)c2c(C#N)cc(-c3ccnc(Nc4cc(Cl)ccc4OC4CCN(C5CC5)CC4)n3)cc21. The first-order valence-electron chi connectivity index (χ1n) is 16.9. The zero-order valence-corrected chi connectivity index (χ0v) is 30.6. The lowest BCUT2D eigenvalue weighted by Crippen LogP contribution is -2.46. The summed E-state index contributed by atoms with van der Waals surface area (Å²) in [6, 6.07) is 14.5. The highest BCUT2D eigenvalue weighted by molar-refractivity contribution is 6.74. The van der Waals surface area contributed by atoms with Crippen LogP contribution >= 0.6 is 11.6 Å². The second-order valence-corrected chi connectivity index (χ2v) is 20.4. The van der Waals surface area contributed by atoms with Gasteiger partial charge in [0.15, 0.2) is 8.32 Å². The van der Waals surface area contributed by atoms with Crippen molar-refractivity contribution in [2.75, 3.05) is 36.4 Å². The van der Waals surface area contributed by atoms with Crippen LogP contribution in [0.3, 0.4) is 0 Å². The first-order valence-corrected chi connectivity index (χ1v) is 20.2. The number of piperidine rings is 1. The molecular formula is C36H45BClN6O3Si. The minimum absolute atomic E-state index is 0.0466. The van der Waals surface area contributed by atoms with Crippen molar-refractivity contribution in [2.24, 2.45) is 0 Å². The van der Waals surface area contributed by atoms with Crippen LogP contribution in [0.1, 0.15) is 64.5 Å². The van der Waals surface area contributed by atoms with Crippen molar-refractivity contribution in [1.29, 1.82) is 5.26 Å². The predicted molar refractivity (Wildman–Crippen MR) is 196 cm³/mol. The summed E-state index contributed by atoms with van der Waals surface area (Å²) >= 11 is 6.43. The van der Waals surface area contributed by atoms with E-state index in [-0.39, 0.29) is 11.1 Å². The van der Waals surface area contributed by atoms with Gasteiger partial charge in [0.05, 0.1) is 16.9 Å². The number of ether oxygens (including phenoxy) is 1. The number of likely N-dealkylation sites (tertiary alicyclic amines) is 1. The van der Waals surface area contributed by atoms with Crippen LogP contribution in [0.15, 0.2) is 42.6 Å². The van der Waals surface area contributed by atoms with E-state index in [1.165, 1.54) is 20.3 Å². The van der Waals surface area contributed by atoms with E-state index in [2.05, 4.69) is 68.1 Å². The van der Waals surface area contributed by atoms with Crippen molar-refractivity contribution in [3.63, 3.8) is 0 Å². The van der Waals surface area contributed by atoms with Gasteiger partial charge in [-0.2, -0.15) is 5.26 Å². The first-order chi connectivity index (χ1) is 22.8. The molecule has 1 unspecified atom stereocenters. The lowest BCUT2D eigenvalue weighted by Gasteiger charge is -2.39. The summed E-state index contributed by atoms with van der Waals surface area (Å²) < 4.78 is 13.2. The summed E-state index contributed by atoms with van der Waals surface area (Å²) in [5, 5.41) is 14.3. The summed E-state index contributed by atoms with van der Waals surface area (Å²) in [5.41, 5.74) is 3.86. The highest BCUT2D eigenvalue weighted by Gasteiger charge is 2.45. The number of fused-ring (bicyclic) bond motifs is 1. The molecule has 1 aliphatic carbocycles. The van der Waals surface area contributed by atoms with Crippen molar-refractivity contribution in [1.82, 2.24) is 14.9 Å². The number of rotatable bonds is 11. The van der Waals surface area contributed by atoms with Gasteiger partial charge in [-0.05, 0) is 85.8 Å². The lowest BCUT2D eigenvalue weighted by atomic mass is 9.83. The van der Waals surface area contributed by atoms with E-state index in [1.54, 1.807) is 6.20 Å². The van der Waals surface area contributed by atoms with E-state index in [0.717, 1.165) is 55.0 Å². The Bertz CT molecular complexity index is 1720. The highest BCUT2D eigenvalue weighted by atomic mass is 35.5. The van der Waals surface area contributed by atoms with E-state index in [1.807, 2.05) is 35.1 Å². The summed E-state index contributed by atoms with van der Waals surface area (Å²) in [7, 11) is -0.563. The fourth-order valence-electron chi connectivity index (χ4n) is 6.44. The standard InChI is InChI=1S/C36H45BClN6O3Si/c1-35(2,3)48(5,6)46-22-36(4)21-44(37-23-45)33-25(20-39)17-24(18-29(33)36)30-11-14-40-34(41-30)42-31-19-26(38)7-10-32(31)47-28-12-15-43(16-13-28)27-8-9-27/h7,10-11,14,17-19,23,27-28H,8-9,12-13,15-16,21-22H2,1-6H3,(H,40,41,42). The van der Waals surface area contributed by atoms with Crippen LogP contribution in [-0.4, -0.2) is 75.2 Å². The van der Waals surface area contributed by atoms with E-state index in [4.69, 9.17) is 25.7 Å². The molecule has 0 amide bonds. The molecule has 1 saturated carbocycles. The molecule has 1 saturated heterocycles. The molecule has 12 heteroatoms. The maximum absolute atomic E-state index is 11.7. The van der Waals surface area contributed by atoms with Gasteiger partial charge in [0.2, 0.25) is 5.95 Å².